The number of halogens is 2. The number of hydrogen-bond acceptors (Lipinski definition) is 4. The van der Waals surface area contributed by atoms with Gasteiger partial charge in [-0.1, -0.05) is 11.6 Å². The summed E-state index contributed by atoms with van der Waals surface area (Å²) < 4.78 is 18.1. The Kier molecular flexibility index (Phi) is 5.59. The summed E-state index contributed by atoms with van der Waals surface area (Å²) in [6, 6.07) is 12.5. The molecule has 0 spiro atoms. The minimum absolute atomic E-state index is 0.0497. The van der Waals surface area contributed by atoms with Crippen LogP contribution in [0.1, 0.15) is 5.56 Å². The quantitative estimate of drug-likeness (QED) is 0.858. The molecule has 0 aliphatic heterocycles. The van der Waals surface area contributed by atoms with E-state index in [1.165, 1.54) is 24.3 Å². The molecule has 1 unspecified atom stereocenters. The molecule has 0 fully saturated rings. The molecule has 0 saturated heterocycles. The standard InChI is InChI=1S/C16H14ClFN2O2/c17-12-1-6-16(11(7-12)8-19)20-9-14(21)10-22-15-4-2-13(18)3-5-15/h1-7,14,20-21H,9-10H2. The number of nitrogens with zero attached hydrogens (tertiary/aromatic N) is 1. The normalized spacial score (nSPS) is 11.5. The molecule has 114 valence electrons. The first-order valence-electron chi connectivity index (χ1n) is 6.58. The molecule has 2 N–H and O–H groups in total. The van der Waals surface area contributed by atoms with Crippen molar-refractivity contribution in [1.82, 2.24) is 0 Å². The van der Waals surface area contributed by atoms with Gasteiger partial charge in [-0.2, -0.15) is 5.26 Å². The molecule has 0 radical (unpaired) electrons. The van der Waals surface area contributed by atoms with Crippen LogP contribution in [0.4, 0.5) is 10.1 Å². The molecule has 1 atom stereocenters. The fraction of sp³-hybridized carbons (Fsp3) is 0.188. The van der Waals surface area contributed by atoms with Crippen LogP contribution < -0.4 is 10.1 Å². The van der Waals surface area contributed by atoms with E-state index < -0.39 is 6.10 Å². The number of nitriles is 1. The van der Waals surface area contributed by atoms with Crippen LogP contribution in [0.15, 0.2) is 42.5 Å². The maximum Gasteiger partial charge on any atom is 0.123 e. The Labute approximate surface area is 132 Å². The van der Waals surface area contributed by atoms with Gasteiger partial charge in [-0.25, -0.2) is 4.39 Å². The zero-order valence-electron chi connectivity index (χ0n) is 11.6. The summed E-state index contributed by atoms with van der Waals surface area (Å²) in [4.78, 5) is 0. The van der Waals surface area contributed by atoms with Crippen molar-refractivity contribution in [2.45, 2.75) is 6.10 Å². The van der Waals surface area contributed by atoms with E-state index in [0.29, 0.717) is 22.0 Å². The monoisotopic (exact) mass is 320 g/mol. The van der Waals surface area contributed by atoms with E-state index in [4.69, 9.17) is 21.6 Å². The molecule has 4 nitrogen and oxygen atoms in total. The number of aliphatic hydroxyl groups excluding tert-OH is 1. The minimum atomic E-state index is -0.785. The van der Waals surface area contributed by atoms with Crippen LogP contribution in [0.2, 0.25) is 5.02 Å². The Balaban J connectivity index is 1.84. The third kappa shape index (κ3) is 4.62. The molecular formula is C16H14ClFN2O2. The summed E-state index contributed by atoms with van der Waals surface area (Å²) in [6.45, 7) is 0.256. The highest BCUT2D eigenvalue weighted by Gasteiger charge is 2.08. The minimum Gasteiger partial charge on any atom is -0.491 e. The zero-order valence-corrected chi connectivity index (χ0v) is 12.3. The Morgan fingerprint density at radius 1 is 1.27 bits per heavy atom. The summed E-state index contributed by atoms with van der Waals surface area (Å²) in [6.07, 6.45) is -0.785. The lowest BCUT2D eigenvalue weighted by Gasteiger charge is -2.14. The number of benzene rings is 2. The summed E-state index contributed by atoms with van der Waals surface area (Å²) in [5, 5.41) is 22.3. The fourth-order valence-corrected chi connectivity index (χ4v) is 1.95. The van der Waals surface area contributed by atoms with Crippen LogP contribution in [-0.2, 0) is 0 Å². The molecule has 6 heteroatoms. The van der Waals surface area contributed by atoms with Gasteiger partial charge in [0.25, 0.3) is 0 Å². The van der Waals surface area contributed by atoms with Gasteiger partial charge in [-0.15, -0.1) is 0 Å². The summed E-state index contributed by atoms with van der Waals surface area (Å²) >= 11 is 5.81. The van der Waals surface area contributed by atoms with Gasteiger partial charge in [0.15, 0.2) is 0 Å². The summed E-state index contributed by atoms with van der Waals surface area (Å²) in [5.41, 5.74) is 0.992. The van der Waals surface area contributed by atoms with Crippen LogP contribution >= 0.6 is 11.6 Å². The SMILES string of the molecule is N#Cc1cc(Cl)ccc1NCC(O)COc1ccc(F)cc1. The van der Waals surface area contributed by atoms with Crippen molar-refractivity contribution in [2.75, 3.05) is 18.5 Å². The van der Waals surface area contributed by atoms with E-state index in [1.54, 1.807) is 18.2 Å². The van der Waals surface area contributed by atoms with Crippen molar-refractivity contribution < 1.29 is 14.2 Å². The van der Waals surface area contributed by atoms with E-state index >= 15 is 0 Å². The van der Waals surface area contributed by atoms with Crippen molar-refractivity contribution in [3.8, 4) is 11.8 Å². The van der Waals surface area contributed by atoms with Gasteiger partial charge in [-0.3, -0.25) is 0 Å². The molecule has 0 aromatic heterocycles. The number of hydrogen-bond donors (Lipinski definition) is 2. The Morgan fingerprint density at radius 2 is 2.00 bits per heavy atom. The molecular weight excluding hydrogens is 307 g/mol. The van der Waals surface area contributed by atoms with E-state index in [-0.39, 0.29) is 19.0 Å². The number of nitrogens with one attached hydrogen (secondary N) is 1. The molecule has 2 aromatic rings. The second kappa shape index (κ2) is 7.64. The van der Waals surface area contributed by atoms with Crippen molar-refractivity contribution in [3.63, 3.8) is 0 Å². The predicted octanol–water partition coefficient (Wildman–Crippen LogP) is 3.20. The average Bonchev–Trinajstić information content (AvgIpc) is 2.53. The zero-order chi connectivity index (χ0) is 15.9. The lowest BCUT2D eigenvalue weighted by atomic mass is 10.2. The largest absolute Gasteiger partial charge is 0.491 e. The van der Waals surface area contributed by atoms with Crippen LogP contribution in [0.5, 0.6) is 5.75 Å². The highest BCUT2D eigenvalue weighted by Crippen LogP contribution is 2.19. The lowest BCUT2D eigenvalue weighted by molar-refractivity contribution is 0.117. The van der Waals surface area contributed by atoms with Crippen molar-refractivity contribution in [2.24, 2.45) is 0 Å². The number of rotatable bonds is 6. The van der Waals surface area contributed by atoms with Gasteiger partial charge < -0.3 is 15.2 Å². The smallest absolute Gasteiger partial charge is 0.123 e. The first-order chi connectivity index (χ1) is 10.6. The lowest BCUT2D eigenvalue weighted by Crippen LogP contribution is -2.26. The molecule has 0 amide bonds. The summed E-state index contributed by atoms with van der Waals surface area (Å²) in [5.74, 6) is 0.131. The molecule has 0 bridgehead atoms. The maximum atomic E-state index is 12.7. The van der Waals surface area contributed by atoms with Crippen molar-refractivity contribution >= 4 is 17.3 Å². The second-order valence-corrected chi connectivity index (χ2v) is 5.04. The van der Waals surface area contributed by atoms with Crippen molar-refractivity contribution in [3.05, 3.63) is 58.9 Å². The van der Waals surface area contributed by atoms with E-state index in [9.17, 15) is 9.50 Å². The molecule has 2 rings (SSSR count). The molecule has 0 aliphatic carbocycles. The van der Waals surface area contributed by atoms with Crippen LogP contribution in [0, 0.1) is 17.1 Å². The first kappa shape index (κ1) is 16.1. The van der Waals surface area contributed by atoms with Crippen LogP contribution in [0.25, 0.3) is 0 Å². The Morgan fingerprint density at radius 3 is 2.68 bits per heavy atom. The van der Waals surface area contributed by atoms with Gasteiger partial charge in [0.2, 0.25) is 0 Å². The average molecular weight is 321 g/mol. The molecule has 0 saturated carbocycles. The third-order valence-electron chi connectivity index (χ3n) is 2.89. The molecule has 0 aliphatic rings. The van der Waals surface area contributed by atoms with Gasteiger partial charge in [-0.05, 0) is 42.5 Å². The third-order valence-corrected chi connectivity index (χ3v) is 3.12. The first-order valence-corrected chi connectivity index (χ1v) is 6.96. The fourth-order valence-electron chi connectivity index (χ4n) is 1.77. The number of aliphatic hydroxyl groups is 1. The highest BCUT2D eigenvalue weighted by molar-refractivity contribution is 6.30. The molecule has 0 heterocycles. The van der Waals surface area contributed by atoms with Crippen LogP contribution in [0.3, 0.4) is 0 Å². The second-order valence-electron chi connectivity index (χ2n) is 4.60. The summed E-state index contributed by atoms with van der Waals surface area (Å²) in [7, 11) is 0. The van der Waals surface area contributed by atoms with Crippen molar-refractivity contribution in [1.29, 1.82) is 5.26 Å². The van der Waals surface area contributed by atoms with E-state index in [2.05, 4.69) is 5.32 Å². The Bertz CT molecular complexity index is 671. The van der Waals surface area contributed by atoms with E-state index in [0.717, 1.165) is 0 Å². The van der Waals surface area contributed by atoms with Gasteiger partial charge in [0, 0.05) is 11.6 Å². The molecule has 2 aromatic carbocycles. The Hall–Kier alpha value is -2.29. The number of ether oxygens (including phenoxy) is 1. The highest BCUT2D eigenvalue weighted by atomic mass is 35.5. The predicted molar refractivity (Wildman–Crippen MR) is 82.6 cm³/mol. The molecule has 22 heavy (non-hydrogen) atoms. The maximum absolute atomic E-state index is 12.7. The van der Waals surface area contributed by atoms with Crippen LogP contribution in [-0.4, -0.2) is 24.4 Å². The topological polar surface area (TPSA) is 65.3 Å². The van der Waals surface area contributed by atoms with Gasteiger partial charge in [0.05, 0.1) is 11.3 Å². The number of anilines is 1. The van der Waals surface area contributed by atoms with Gasteiger partial charge >= 0.3 is 0 Å². The van der Waals surface area contributed by atoms with Gasteiger partial charge in [0.1, 0.15) is 30.3 Å². The van der Waals surface area contributed by atoms with E-state index in [1.807, 2.05) is 6.07 Å².